The second kappa shape index (κ2) is 5.27. The number of rotatable bonds is 4. The molecule has 2 aromatic rings. The predicted molar refractivity (Wildman–Crippen MR) is 71.7 cm³/mol. The maximum absolute atomic E-state index is 12.3. The summed E-state index contributed by atoms with van der Waals surface area (Å²) in [7, 11) is 2.93. The Balaban J connectivity index is 2.52. The summed E-state index contributed by atoms with van der Waals surface area (Å²) in [5, 5.41) is 1.12. The molecule has 0 bridgehead atoms. The van der Waals surface area contributed by atoms with E-state index in [9.17, 15) is 9.59 Å². The number of fused-ring (bicyclic) bond motifs is 1. The fourth-order valence-electron chi connectivity index (χ4n) is 2.07. The van der Waals surface area contributed by atoms with Gasteiger partial charge in [-0.25, -0.2) is 9.86 Å². The fraction of sp³-hybridized carbons (Fsp3) is 0.385. The summed E-state index contributed by atoms with van der Waals surface area (Å²) in [6.45, 7) is 2.44. The molecule has 0 aliphatic rings. The van der Waals surface area contributed by atoms with E-state index in [-0.39, 0.29) is 18.1 Å². The minimum absolute atomic E-state index is 0.0311. The van der Waals surface area contributed by atoms with Crippen LogP contribution in [0, 0.1) is 0 Å². The number of hydrogen-bond donors (Lipinski definition) is 0. The molecule has 1 aromatic carbocycles. The van der Waals surface area contributed by atoms with Crippen LogP contribution >= 0.6 is 0 Å². The topological polar surface area (TPSA) is 56.5 Å². The highest BCUT2D eigenvalue weighted by Crippen LogP contribution is 2.12. The molecule has 1 heterocycles. The number of likely N-dealkylation sites (N-methyl/N-ethyl adjacent to an activating group) is 1. The lowest BCUT2D eigenvalue weighted by Crippen LogP contribution is -2.33. The van der Waals surface area contributed by atoms with Crippen molar-refractivity contribution in [2.24, 2.45) is 0 Å². The Bertz CT molecular complexity index is 657. The number of hydroxylamine groups is 2. The first-order valence-electron chi connectivity index (χ1n) is 6.08. The molecule has 0 N–H and O–H groups in total. The first-order valence-corrected chi connectivity index (χ1v) is 6.08. The quantitative estimate of drug-likeness (QED) is 0.768. The van der Waals surface area contributed by atoms with E-state index in [4.69, 9.17) is 4.84 Å². The molecule has 1 aromatic heterocycles. The van der Waals surface area contributed by atoms with E-state index in [1.165, 1.54) is 18.7 Å². The van der Waals surface area contributed by atoms with Gasteiger partial charge in [-0.3, -0.25) is 18.8 Å². The fourth-order valence-corrected chi connectivity index (χ4v) is 2.07. The van der Waals surface area contributed by atoms with Crippen molar-refractivity contribution in [1.29, 1.82) is 0 Å². The van der Waals surface area contributed by atoms with Crippen molar-refractivity contribution in [2.75, 3.05) is 14.2 Å². The minimum Gasteiger partial charge on any atom is -0.292 e. The molecule has 2 rings (SSSR count). The summed E-state index contributed by atoms with van der Waals surface area (Å²) >= 11 is 0. The number of hydrogen-bond acceptors (Lipinski definition) is 3. The molecule has 0 fully saturated rings. The van der Waals surface area contributed by atoms with Crippen LogP contribution in [0.5, 0.6) is 0 Å². The van der Waals surface area contributed by atoms with Gasteiger partial charge in [-0.15, -0.1) is 0 Å². The van der Waals surface area contributed by atoms with Gasteiger partial charge in [-0.1, -0.05) is 12.1 Å². The van der Waals surface area contributed by atoms with Crippen LogP contribution in [-0.2, 0) is 22.7 Å². The average Bonchev–Trinajstić information content (AvgIpc) is 2.70. The van der Waals surface area contributed by atoms with Gasteiger partial charge >= 0.3 is 5.69 Å². The third-order valence-electron chi connectivity index (χ3n) is 3.16. The Morgan fingerprint density at radius 1 is 1.26 bits per heavy atom. The van der Waals surface area contributed by atoms with E-state index in [0.717, 1.165) is 16.1 Å². The molecule has 0 spiro atoms. The van der Waals surface area contributed by atoms with Crippen LogP contribution < -0.4 is 5.69 Å². The van der Waals surface area contributed by atoms with Crippen molar-refractivity contribution >= 4 is 16.9 Å². The van der Waals surface area contributed by atoms with Gasteiger partial charge in [0, 0.05) is 13.6 Å². The number of amides is 1. The van der Waals surface area contributed by atoms with Crippen LogP contribution in [-0.4, -0.2) is 34.3 Å². The molecule has 0 saturated carbocycles. The number of carbonyl (C=O) groups excluding carboxylic acids is 1. The molecule has 0 saturated heterocycles. The standard InChI is InChI=1S/C13H17N3O3/c1-4-15-10-7-5-6-8-11(10)16(13(15)18)9-12(17)14(2)19-3/h5-8H,4,9H2,1-3H3. The van der Waals surface area contributed by atoms with Crippen molar-refractivity contribution in [1.82, 2.24) is 14.2 Å². The van der Waals surface area contributed by atoms with Gasteiger partial charge in [0.25, 0.3) is 5.91 Å². The summed E-state index contributed by atoms with van der Waals surface area (Å²) < 4.78 is 3.12. The van der Waals surface area contributed by atoms with Gasteiger partial charge in [0.05, 0.1) is 18.1 Å². The third-order valence-corrected chi connectivity index (χ3v) is 3.16. The van der Waals surface area contributed by atoms with Gasteiger partial charge < -0.3 is 0 Å². The Labute approximate surface area is 110 Å². The zero-order valence-electron chi connectivity index (χ0n) is 11.3. The first-order chi connectivity index (χ1) is 9.10. The van der Waals surface area contributed by atoms with Crippen LogP contribution in [0.2, 0.25) is 0 Å². The lowest BCUT2D eigenvalue weighted by Gasteiger charge is -2.13. The van der Waals surface area contributed by atoms with Gasteiger partial charge in [-0.2, -0.15) is 0 Å². The van der Waals surface area contributed by atoms with Crippen LogP contribution in [0.1, 0.15) is 6.92 Å². The zero-order chi connectivity index (χ0) is 14.0. The zero-order valence-corrected chi connectivity index (χ0v) is 11.3. The molecule has 0 aliphatic carbocycles. The van der Waals surface area contributed by atoms with Crippen molar-refractivity contribution < 1.29 is 9.63 Å². The smallest absolute Gasteiger partial charge is 0.292 e. The molecule has 19 heavy (non-hydrogen) atoms. The second-order valence-corrected chi connectivity index (χ2v) is 4.18. The molecule has 102 valence electrons. The van der Waals surface area contributed by atoms with Gasteiger partial charge in [0.2, 0.25) is 0 Å². The van der Waals surface area contributed by atoms with Gasteiger partial charge in [-0.05, 0) is 19.1 Å². The van der Waals surface area contributed by atoms with Gasteiger partial charge in [0.1, 0.15) is 6.54 Å². The van der Waals surface area contributed by atoms with E-state index < -0.39 is 0 Å². The summed E-state index contributed by atoms with van der Waals surface area (Å²) in [5.74, 6) is -0.274. The number of aryl methyl sites for hydroxylation is 1. The largest absolute Gasteiger partial charge is 0.329 e. The third kappa shape index (κ3) is 2.26. The van der Waals surface area contributed by atoms with Crippen molar-refractivity contribution in [3.8, 4) is 0 Å². The molecule has 1 amide bonds. The molecule has 0 aliphatic heterocycles. The Morgan fingerprint density at radius 3 is 2.37 bits per heavy atom. The van der Waals surface area contributed by atoms with Crippen LogP contribution in [0.3, 0.4) is 0 Å². The van der Waals surface area contributed by atoms with E-state index >= 15 is 0 Å². The lowest BCUT2D eigenvalue weighted by molar-refractivity contribution is -0.169. The normalized spacial score (nSPS) is 10.9. The van der Waals surface area contributed by atoms with Gasteiger partial charge in [0.15, 0.2) is 0 Å². The SMILES string of the molecule is CCn1c(=O)n(CC(=O)N(C)OC)c2ccccc21. The lowest BCUT2D eigenvalue weighted by atomic mass is 10.3. The summed E-state index contributed by atoms with van der Waals surface area (Å²) in [6, 6.07) is 7.44. The minimum atomic E-state index is -0.274. The number of nitrogens with zero attached hydrogens (tertiary/aromatic N) is 3. The van der Waals surface area contributed by atoms with Crippen LogP contribution in [0.25, 0.3) is 11.0 Å². The first kappa shape index (κ1) is 13.4. The summed E-state index contributed by atoms with van der Waals surface area (Å²) in [5.41, 5.74) is 1.41. The van der Waals surface area contributed by atoms with E-state index in [1.54, 1.807) is 4.57 Å². The molecule has 0 atom stereocenters. The molecule has 0 radical (unpaired) electrons. The monoisotopic (exact) mass is 263 g/mol. The second-order valence-electron chi connectivity index (χ2n) is 4.18. The highest BCUT2D eigenvalue weighted by Gasteiger charge is 2.16. The molecule has 6 nitrogen and oxygen atoms in total. The molecule has 0 unspecified atom stereocenters. The van der Waals surface area contributed by atoms with Crippen molar-refractivity contribution in [2.45, 2.75) is 20.0 Å². The van der Waals surface area contributed by atoms with Crippen LogP contribution in [0.4, 0.5) is 0 Å². The molecular weight excluding hydrogens is 246 g/mol. The molecular formula is C13H17N3O3. The Morgan fingerprint density at radius 2 is 1.84 bits per heavy atom. The predicted octanol–water partition coefficient (Wildman–Crippen LogP) is 0.843. The highest BCUT2D eigenvalue weighted by molar-refractivity contribution is 5.80. The molecule has 6 heteroatoms. The van der Waals surface area contributed by atoms with E-state index in [1.807, 2.05) is 31.2 Å². The highest BCUT2D eigenvalue weighted by atomic mass is 16.7. The maximum atomic E-state index is 12.3. The van der Waals surface area contributed by atoms with Crippen LogP contribution in [0.15, 0.2) is 29.1 Å². The maximum Gasteiger partial charge on any atom is 0.329 e. The average molecular weight is 263 g/mol. The number of aromatic nitrogens is 2. The van der Waals surface area contributed by atoms with Crippen molar-refractivity contribution in [3.63, 3.8) is 0 Å². The number of benzene rings is 1. The van der Waals surface area contributed by atoms with Crippen molar-refractivity contribution in [3.05, 3.63) is 34.7 Å². The summed E-state index contributed by atoms with van der Waals surface area (Å²) in [4.78, 5) is 29.0. The number of carbonyl (C=O) groups is 1. The number of para-hydroxylation sites is 2. The summed E-state index contributed by atoms with van der Waals surface area (Å²) in [6.07, 6.45) is 0. The van der Waals surface area contributed by atoms with E-state index in [2.05, 4.69) is 0 Å². The number of imidazole rings is 1. The Kier molecular flexibility index (Phi) is 3.71. The van der Waals surface area contributed by atoms with E-state index in [0.29, 0.717) is 6.54 Å². The Hall–Kier alpha value is -2.08.